The zero-order chi connectivity index (χ0) is 18.6. The van der Waals surface area contributed by atoms with Gasteiger partial charge >= 0.3 is 11.9 Å². The number of carbonyl (C=O) groups is 3. The first-order valence-corrected chi connectivity index (χ1v) is 7.53. The van der Waals surface area contributed by atoms with E-state index in [-0.39, 0.29) is 29.1 Å². The third-order valence-corrected chi connectivity index (χ3v) is 3.27. The van der Waals surface area contributed by atoms with Crippen molar-refractivity contribution < 1.29 is 33.7 Å². The van der Waals surface area contributed by atoms with Crippen molar-refractivity contribution in [3.8, 4) is 0 Å². The van der Waals surface area contributed by atoms with Crippen molar-refractivity contribution in [2.24, 2.45) is 0 Å². The molecule has 2 rings (SSSR count). The number of hydrogen-bond acceptors (Lipinski definition) is 7. The van der Waals surface area contributed by atoms with Crippen LogP contribution in [-0.2, 0) is 19.0 Å². The summed E-state index contributed by atoms with van der Waals surface area (Å²) in [5.41, 5.74) is 0.248. The van der Waals surface area contributed by atoms with Crippen molar-refractivity contribution in [1.29, 1.82) is 0 Å². The smallest absolute Gasteiger partial charge is 0.344 e. The van der Waals surface area contributed by atoms with E-state index in [4.69, 9.17) is 14.2 Å². The predicted molar refractivity (Wildman–Crippen MR) is 86.6 cm³/mol. The lowest BCUT2D eigenvalue weighted by Crippen LogP contribution is -2.34. The first-order valence-electron chi connectivity index (χ1n) is 7.53. The topological polar surface area (TPSA) is 99.1 Å². The van der Waals surface area contributed by atoms with Crippen LogP contribution in [-0.4, -0.2) is 41.6 Å². The molecule has 2 atom stereocenters. The molecule has 1 N–H and O–H groups in total. The van der Waals surface area contributed by atoms with Gasteiger partial charge in [0.1, 0.15) is 12.9 Å². The van der Waals surface area contributed by atoms with Crippen molar-refractivity contribution >= 4 is 17.7 Å². The van der Waals surface area contributed by atoms with Gasteiger partial charge in [-0.05, 0) is 31.6 Å². The SMILES string of the molecule is C=C(C)C(=O)C1OC=C1OC(=O)c1ccccc1C(=O)OCC(C)O. The van der Waals surface area contributed by atoms with E-state index in [1.54, 1.807) is 12.1 Å². The van der Waals surface area contributed by atoms with Gasteiger partial charge in [0.05, 0.1) is 17.2 Å². The summed E-state index contributed by atoms with van der Waals surface area (Å²) in [4.78, 5) is 36.2. The van der Waals surface area contributed by atoms with Gasteiger partial charge in [0.2, 0.25) is 11.9 Å². The van der Waals surface area contributed by atoms with Crippen LogP contribution in [0.25, 0.3) is 0 Å². The Labute approximate surface area is 144 Å². The lowest BCUT2D eigenvalue weighted by molar-refractivity contribution is -0.126. The van der Waals surface area contributed by atoms with Gasteiger partial charge in [-0.25, -0.2) is 9.59 Å². The molecule has 1 aromatic rings. The minimum absolute atomic E-state index is 0.00299. The van der Waals surface area contributed by atoms with Crippen LogP contribution in [0, 0.1) is 0 Å². The molecule has 7 nitrogen and oxygen atoms in total. The van der Waals surface area contributed by atoms with E-state index in [0.29, 0.717) is 0 Å². The molecule has 0 amide bonds. The molecular formula is C18H18O7. The Morgan fingerprint density at radius 1 is 1.24 bits per heavy atom. The monoisotopic (exact) mass is 346 g/mol. The summed E-state index contributed by atoms with van der Waals surface area (Å²) in [5.74, 6) is -1.93. The number of aliphatic hydroxyl groups excluding tert-OH is 1. The van der Waals surface area contributed by atoms with E-state index in [0.717, 1.165) is 6.26 Å². The Hall–Kier alpha value is -2.93. The first-order chi connectivity index (χ1) is 11.8. The quantitative estimate of drug-likeness (QED) is 0.593. The van der Waals surface area contributed by atoms with Crippen molar-refractivity contribution in [3.63, 3.8) is 0 Å². The largest absolute Gasteiger partial charge is 0.478 e. The van der Waals surface area contributed by atoms with E-state index in [1.165, 1.54) is 26.0 Å². The summed E-state index contributed by atoms with van der Waals surface area (Å²) in [5, 5.41) is 9.18. The second-order valence-corrected chi connectivity index (χ2v) is 5.56. The number of benzene rings is 1. The fourth-order valence-electron chi connectivity index (χ4n) is 1.96. The van der Waals surface area contributed by atoms with E-state index < -0.39 is 29.9 Å². The number of esters is 2. The number of hydrogen-bond donors (Lipinski definition) is 1. The lowest BCUT2D eigenvalue weighted by atomic mass is 10.1. The normalized spacial score (nSPS) is 16.6. The van der Waals surface area contributed by atoms with Crippen molar-refractivity contribution in [2.75, 3.05) is 6.61 Å². The maximum Gasteiger partial charge on any atom is 0.344 e. The first kappa shape index (κ1) is 18.4. The molecule has 0 aromatic heterocycles. The average molecular weight is 346 g/mol. The zero-order valence-corrected chi connectivity index (χ0v) is 13.9. The molecule has 2 unspecified atom stereocenters. The molecule has 0 fully saturated rings. The molecule has 1 aliphatic heterocycles. The molecule has 7 heteroatoms. The molecule has 25 heavy (non-hydrogen) atoms. The summed E-state index contributed by atoms with van der Waals surface area (Å²) in [7, 11) is 0. The Morgan fingerprint density at radius 3 is 2.32 bits per heavy atom. The van der Waals surface area contributed by atoms with Gasteiger partial charge in [0, 0.05) is 0 Å². The summed E-state index contributed by atoms with van der Waals surface area (Å²) >= 11 is 0. The fourth-order valence-corrected chi connectivity index (χ4v) is 1.96. The summed E-state index contributed by atoms with van der Waals surface area (Å²) in [6, 6.07) is 5.93. The lowest BCUT2D eigenvalue weighted by Gasteiger charge is -2.25. The molecule has 1 heterocycles. The van der Waals surface area contributed by atoms with Crippen LogP contribution in [0.1, 0.15) is 34.6 Å². The van der Waals surface area contributed by atoms with Crippen molar-refractivity contribution in [3.05, 3.63) is 59.6 Å². The van der Waals surface area contributed by atoms with Gasteiger partial charge < -0.3 is 19.3 Å². The highest BCUT2D eigenvalue weighted by Crippen LogP contribution is 2.24. The Bertz CT molecular complexity index is 746. The molecule has 0 saturated heterocycles. The summed E-state index contributed by atoms with van der Waals surface area (Å²) in [6.07, 6.45) is -0.678. The van der Waals surface area contributed by atoms with Crippen LogP contribution in [0.5, 0.6) is 0 Å². The van der Waals surface area contributed by atoms with E-state index >= 15 is 0 Å². The van der Waals surface area contributed by atoms with Crippen LogP contribution in [0.4, 0.5) is 0 Å². The van der Waals surface area contributed by atoms with Crippen molar-refractivity contribution in [2.45, 2.75) is 26.1 Å². The van der Waals surface area contributed by atoms with Gasteiger partial charge in [0.25, 0.3) is 0 Å². The molecular weight excluding hydrogens is 328 g/mol. The fraction of sp³-hybridized carbons (Fsp3) is 0.278. The number of ketones is 1. The average Bonchev–Trinajstić information content (AvgIpc) is 2.56. The van der Waals surface area contributed by atoms with Crippen LogP contribution in [0.15, 0.2) is 48.4 Å². The van der Waals surface area contributed by atoms with Crippen molar-refractivity contribution in [1.82, 2.24) is 0 Å². The van der Waals surface area contributed by atoms with E-state index in [1.807, 2.05) is 0 Å². The molecule has 1 aliphatic rings. The number of Topliss-reactive ketones (excluding diaryl/α,β-unsaturated/α-hetero) is 1. The highest BCUT2D eigenvalue weighted by atomic mass is 16.6. The number of carbonyl (C=O) groups excluding carboxylic acids is 3. The van der Waals surface area contributed by atoms with Gasteiger partial charge in [-0.15, -0.1) is 0 Å². The minimum atomic E-state index is -1.00. The zero-order valence-electron chi connectivity index (χ0n) is 13.9. The minimum Gasteiger partial charge on any atom is -0.478 e. The number of aliphatic hydroxyl groups is 1. The predicted octanol–water partition coefficient (Wildman–Crippen LogP) is 1.77. The van der Waals surface area contributed by atoms with Gasteiger partial charge in [-0.2, -0.15) is 0 Å². The Kier molecular flexibility index (Phi) is 5.71. The summed E-state index contributed by atoms with van der Waals surface area (Å²) in [6.45, 7) is 6.32. The second-order valence-electron chi connectivity index (χ2n) is 5.56. The molecule has 0 bridgehead atoms. The molecule has 0 radical (unpaired) electrons. The van der Waals surface area contributed by atoms with Crippen LogP contribution < -0.4 is 0 Å². The Balaban J connectivity index is 2.11. The number of rotatable bonds is 7. The van der Waals surface area contributed by atoms with Gasteiger partial charge in [-0.1, -0.05) is 18.7 Å². The maximum atomic E-state index is 12.3. The molecule has 1 aromatic carbocycles. The molecule has 132 valence electrons. The number of ether oxygens (including phenoxy) is 3. The maximum absolute atomic E-state index is 12.3. The molecule has 0 spiro atoms. The molecule has 0 aliphatic carbocycles. The van der Waals surface area contributed by atoms with Crippen LogP contribution in [0.3, 0.4) is 0 Å². The van der Waals surface area contributed by atoms with Gasteiger partial charge in [-0.3, -0.25) is 4.79 Å². The van der Waals surface area contributed by atoms with Crippen LogP contribution in [0.2, 0.25) is 0 Å². The van der Waals surface area contributed by atoms with Crippen LogP contribution >= 0.6 is 0 Å². The Morgan fingerprint density at radius 2 is 1.84 bits per heavy atom. The summed E-state index contributed by atoms with van der Waals surface area (Å²) < 4.78 is 15.0. The van der Waals surface area contributed by atoms with Gasteiger partial charge in [0.15, 0.2) is 5.76 Å². The second kappa shape index (κ2) is 7.76. The third-order valence-electron chi connectivity index (χ3n) is 3.27. The highest BCUT2D eigenvalue weighted by Gasteiger charge is 2.35. The standard InChI is InChI=1S/C18H18O7/c1-10(2)15(20)16-14(9-23-16)25-18(22)13-7-5-4-6-12(13)17(21)24-8-11(3)19/h4-7,9,11,16,19H,1,8H2,2-3H3. The highest BCUT2D eigenvalue weighted by molar-refractivity contribution is 6.04. The third kappa shape index (κ3) is 4.33. The molecule has 0 saturated carbocycles. The van der Waals surface area contributed by atoms with E-state index in [2.05, 4.69) is 6.58 Å². The van der Waals surface area contributed by atoms with E-state index in [9.17, 15) is 19.5 Å².